The summed E-state index contributed by atoms with van der Waals surface area (Å²) in [5.74, 6) is 0.294. The SMILES string of the molecule is CN1CCN(C2CCNC2)C(=O)C1. The maximum atomic E-state index is 11.6. The average Bonchev–Trinajstić information content (AvgIpc) is 2.56. The zero-order chi connectivity index (χ0) is 9.26. The molecule has 0 saturated carbocycles. The molecular weight excluding hydrogens is 166 g/mol. The van der Waals surface area contributed by atoms with Crippen LogP contribution in [0, 0.1) is 0 Å². The summed E-state index contributed by atoms with van der Waals surface area (Å²) >= 11 is 0. The van der Waals surface area contributed by atoms with Crippen molar-refractivity contribution < 1.29 is 4.79 Å². The third kappa shape index (κ3) is 1.84. The van der Waals surface area contributed by atoms with Gasteiger partial charge in [0, 0.05) is 25.7 Å². The minimum absolute atomic E-state index is 0.294. The number of nitrogens with one attached hydrogen (secondary N) is 1. The van der Waals surface area contributed by atoms with Gasteiger partial charge < -0.3 is 10.2 Å². The zero-order valence-corrected chi connectivity index (χ0v) is 8.12. The highest BCUT2D eigenvalue weighted by molar-refractivity contribution is 5.79. The van der Waals surface area contributed by atoms with Crippen LogP contribution in [0.4, 0.5) is 0 Å². The van der Waals surface area contributed by atoms with E-state index in [1.54, 1.807) is 0 Å². The topological polar surface area (TPSA) is 35.6 Å². The Labute approximate surface area is 78.9 Å². The van der Waals surface area contributed by atoms with Gasteiger partial charge in [0.25, 0.3) is 0 Å². The molecule has 1 N–H and O–H groups in total. The molecule has 2 aliphatic rings. The molecule has 0 radical (unpaired) electrons. The van der Waals surface area contributed by atoms with E-state index in [9.17, 15) is 4.79 Å². The summed E-state index contributed by atoms with van der Waals surface area (Å²) < 4.78 is 0. The van der Waals surface area contributed by atoms with E-state index >= 15 is 0 Å². The largest absolute Gasteiger partial charge is 0.336 e. The van der Waals surface area contributed by atoms with Crippen LogP contribution in [-0.4, -0.2) is 61.5 Å². The molecule has 0 aromatic rings. The van der Waals surface area contributed by atoms with Gasteiger partial charge in [-0.25, -0.2) is 0 Å². The fourth-order valence-corrected chi connectivity index (χ4v) is 2.10. The van der Waals surface area contributed by atoms with E-state index in [-0.39, 0.29) is 0 Å². The van der Waals surface area contributed by atoms with Crippen molar-refractivity contribution in [1.82, 2.24) is 15.1 Å². The predicted octanol–water partition coefficient (Wildman–Crippen LogP) is -0.878. The second kappa shape index (κ2) is 3.64. The highest BCUT2D eigenvalue weighted by Crippen LogP contribution is 2.11. The summed E-state index contributed by atoms with van der Waals surface area (Å²) in [5, 5.41) is 3.29. The van der Waals surface area contributed by atoms with Gasteiger partial charge >= 0.3 is 0 Å². The maximum Gasteiger partial charge on any atom is 0.237 e. The van der Waals surface area contributed by atoms with Crippen LogP contribution in [0.2, 0.25) is 0 Å². The molecule has 74 valence electrons. The molecule has 2 rings (SSSR count). The number of hydrogen-bond acceptors (Lipinski definition) is 3. The lowest BCUT2D eigenvalue weighted by atomic mass is 10.2. The minimum Gasteiger partial charge on any atom is -0.336 e. The number of nitrogens with zero attached hydrogens (tertiary/aromatic N) is 2. The van der Waals surface area contributed by atoms with Crippen molar-refractivity contribution in [3.05, 3.63) is 0 Å². The van der Waals surface area contributed by atoms with Crippen LogP contribution in [0.25, 0.3) is 0 Å². The number of hydrogen-bond donors (Lipinski definition) is 1. The van der Waals surface area contributed by atoms with Gasteiger partial charge in [-0.3, -0.25) is 9.69 Å². The van der Waals surface area contributed by atoms with Crippen LogP contribution in [0.3, 0.4) is 0 Å². The fraction of sp³-hybridized carbons (Fsp3) is 0.889. The third-order valence-corrected chi connectivity index (χ3v) is 2.92. The first-order chi connectivity index (χ1) is 6.27. The number of carbonyl (C=O) groups excluding carboxylic acids is 1. The third-order valence-electron chi connectivity index (χ3n) is 2.92. The van der Waals surface area contributed by atoms with Crippen molar-refractivity contribution in [1.29, 1.82) is 0 Å². The molecule has 1 amide bonds. The predicted molar refractivity (Wildman–Crippen MR) is 50.5 cm³/mol. The van der Waals surface area contributed by atoms with Crippen LogP contribution in [0.15, 0.2) is 0 Å². The molecule has 1 unspecified atom stereocenters. The van der Waals surface area contributed by atoms with Gasteiger partial charge in [-0.1, -0.05) is 0 Å². The maximum absolute atomic E-state index is 11.6. The average molecular weight is 183 g/mol. The molecule has 4 heteroatoms. The molecule has 2 heterocycles. The first-order valence-corrected chi connectivity index (χ1v) is 4.96. The molecule has 4 nitrogen and oxygen atoms in total. The first-order valence-electron chi connectivity index (χ1n) is 4.96. The van der Waals surface area contributed by atoms with Crippen LogP contribution < -0.4 is 5.32 Å². The van der Waals surface area contributed by atoms with Gasteiger partial charge in [0.15, 0.2) is 0 Å². The van der Waals surface area contributed by atoms with E-state index in [1.165, 1.54) is 0 Å². The summed E-state index contributed by atoms with van der Waals surface area (Å²) in [7, 11) is 2.00. The summed E-state index contributed by atoms with van der Waals surface area (Å²) in [6.45, 7) is 4.56. The second-order valence-corrected chi connectivity index (χ2v) is 3.97. The van der Waals surface area contributed by atoms with Crippen molar-refractivity contribution in [2.45, 2.75) is 12.5 Å². The number of carbonyl (C=O) groups is 1. The standard InChI is InChI=1S/C9H17N3O/c1-11-4-5-12(9(13)7-11)8-2-3-10-6-8/h8,10H,2-7H2,1H3. The van der Waals surface area contributed by atoms with E-state index in [1.807, 2.05) is 11.9 Å². The van der Waals surface area contributed by atoms with Gasteiger partial charge in [-0.15, -0.1) is 0 Å². The molecular formula is C9H17N3O. The quantitative estimate of drug-likeness (QED) is 0.573. The smallest absolute Gasteiger partial charge is 0.237 e. The molecule has 13 heavy (non-hydrogen) atoms. The Morgan fingerprint density at radius 1 is 1.46 bits per heavy atom. The summed E-state index contributed by atoms with van der Waals surface area (Å²) in [6, 6.07) is 0.459. The molecule has 2 fully saturated rings. The normalized spacial score (nSPS) is 31.3. The lowest BCUT2D eigenvalue weighted by Crippen LogP contribution is -2.53. The summed E-state index contributed by atoms with van der Waals surface area (Å²) in [5.41, 5.74) is 0. The van der Waals surface area contributed by atoms with Gasteiger partial charge in [0.1, 0.15) is 0 Å². The first kappa shape index (κ1) is 8.97. The van der Waals surface area contributed by atoms with Crippen LogP contribution in [0.5, 0.6) is 0 Å². The molecule has 0 aliphatic carbocycles. The minimum atomic E-state index is 0.294. The highest BCUT2D eigenvalue weighted by Gasteiger charge is 2.29. The molecule has 0 bridgehead atoms. The molecule has 2 aliphatic heterocycles. The van der Waals surface area contributed by atoms with E-state index in [2.05, 4.69) is 10.2 Å². The van der Waals surface area contributed by atoms with Crippen molar-refractivity contribution in [3.8, 4) is 0 Å². The Kier molecular flexibility index (Phi) is 2.51. The van der Waals surface area contributed by atoms with Crippen LogP contribution in [0.1, 0.15) is 6.42 Å². The molecule has 0 spiro atoms. The Hall–Kier alpha value is -0.610. The second-order valence-electron chi connectivity index (χ2n) is 3.97. The van der Waals surface area contributed by atoms with E-state index < -0.39 is 0 Å². The summed E-state index contributed by atoms with van der Waals surface area (Å²) in [4.78, 5) is 15.8. The van der Waals surface area contributed by atoms with E-state index in [0.29, 0.717) is 18.5 Å². The van der Waals surface area contributed by atoms with Gasteiger partial charge in [-0.05, 0) is 20.0 Å². The van der Waals surface area contributed by atoms with Crippen LogP contribution in [-0.2, 0) is 4.79 Å². The van der Waals surface area contributed by atoms with Crippen molar-refractivity contribution in [2.75, 3.05) is 39.8 Å². The van der Waals surface area contributed by atoms with Crippen molar-refractivity contribution in [2.24, 2.45) is 0 Å². The van der Waals surface area contributed by atoms with Gasteiger partial charge in [-0.2, -0.15) is 0 Å². The lowest BCUT2D eigenvalue weighted by Gasteiger charge is -2.35. The fourth-order valence-electron chi connectivity index (χ4n) is 2.10. The molecule has 0 aromatic carbocycles. The van der Waals surface area contributed by atoms with Crippen molar-refractivity contribution in [3.63, 3.8) is 0 Å². The summed E-state index contributed by atoms with van der Waals surface area (Å²) in [6.07, 6.45) is 1.12. The Bertz CT molecular complexity index is 201. The van der Waals surface area contributed by atoms with Crippen LogP contribution >= 0.6 is 0 Å². The Morgan fingerprint density at radius 2 is 2.31 bits per heavy atom. The number of rotatable bonds is 1. The van der Waals surface area contributed by atoms with Crippen molar-refractivity contribution >= 4 is 5.91 Å². The number of likely N-dealkylation sites (N-methyl/N-ethyl adjacent to an activating group) is 1. The molecule has 2 saturated heterocycles. The Balaban J connectivity index is 1.95. The van der Waals surface area contributed by atoms with Gasteiger partial charge in [0.2, 0.25) is 5.91 Å². The lowest BCUT2D eigenvalue weighted by molar-refractivity contribution is -0.137. The number of amides is 1. The van der Waals surface area contributed by atoms with E-state index in [0.717, 1.165) is 32.6 Å². The Morgan fingerprint density at radius 3 is 2.92 bits per heavy atom. The van der Waals surface area contributed by atoms with Gasteiger partial charge in [0.05, 0.1) is 6.54 Å². The highest BCUT2D eigenvalue weighted by atomic mass is 16.2. The number of piperazine rings is 1. The molecule has 0 aromatic heterocycles. The van der Waals surface area contributed by atoms with E-state index in [4.69, 9.17) is 0 Å². The zero-order valence-electron chi connectivity index (χ0n) is 8.12. The monoisotopic (exact) mass is 183 g/mol. The molecule has 1 atom stereocenters.